The number of carbonyl (C=O) groups is 1. The van der Waals surface area contributed by atoms with Crippen molar-refractivity contribution in [3.8, 4) is 0 Å². The van der Waals surface area contributed by atoms with Crippen molar-refractivity contribution in [1.82, 2.24) is 4.90 Å². The fraction of sp³-hybridized carbons (Fsp3) is 0.588. The van der Waals surface area contributed by atoms with Crippen LogP contribution in [-0.2, 0) is 14.6 Å². The minimum atomic E-state index is -3.14. The van der Waals surface area contributed by atoms with Crippen molar-refractivity contribution in [1.29, 1.82) is 0 Å². The largest absolute Gasteiger partial charge is 0.337 e. The molecule has 2 rings (SSSR count). The molecular weight excluding hydrogens is 317 g/mol. The monoisotopic (exact) mass is 341 g/mol. The molecule has 1 aromatic rings. The Morgan fingerprint density at radius 2 is 1.91 bits per heavy atom. The van der Waals surface area contributed by atoms with Gasteiger partial charge in [0.15, 0.2) is 0 Å². The van der Waals surface area contributed by atoms with Gasteiger partial charge in [-0.1, -0.05) is 18.2 Å². The summed E-state index contributed by atoms with van der Waals surface area (Å²) in [5.41, 5.74) is 0.104. The average molecular weight is 341 g/mol. The molecule has 0 aromatic heterocycles. The van der Waals surface area contributed by atoms with E-state index in [1.165, 1.54) is 6.07 Å². The smallest absolute Gasteiger partial charge is 0.226 e. The van der Waals surface area contributed by atoms with E-state index in [2.05, 4.69) is 0 Å². The number of benzene rings is 1. The number of hydrogen-bond acceptors (Lipinski definition) is 3. The highest BCUT2D eigenvalue weighted by Gasteiger charge is 2.48. The average Bonchev–Trinajstić information content (AvgIpc) is 3.16. The first-order valence-electron chi connectivity index (χ1n) is 7.74. The van der Waals surface area contributed by atoms with Gasteiger partial charge in [-0.2, -0.15) is 0 Å². The van der Waals surface area contributed by atoms with Crippen LogP contribution in [-0.4, -0.2) is 43.3 Å². The summed E-state index contributed by atoms with van der Waals surface area (Å²) in [4.78, 5) is 14.4. The second-order valence-electron chi connectivity index (χ2n) is 7.26. The molecular formula is C17H24FNO3S. The summed E-state index contributed by atoms with van der Waals surface area (Å²) in [6.07, 6.45) is 1.78. The molecule has 4 nitrogen and oxygen atoms in total. The number of rotatable bonds is 5. The van der Waals surface area contributed by atoms with E-state index in [1.807, 2.05) is 20.8 Å². The molecule has 0 heterocycles. The molecule has 0 unspecified atom stereocenters. The summed E-state index contributed by atoms with van der Waals surface area (Å²) in [6.45, 7) is 5.82. The third kappa shape index (κ3) is 4.53. The first kappa shape index (κ1) is 17.9. The lowest BCUT2D eigenvalue weighted by Crippen LogP contribution is -2.48. The van der Waals surface area contributed by atoms with E-state index in [0.717, 1.165) is 6.26 Å². The highest BCUT2D eigenvalue weighted by molar-refractivity contribution is 7.90. The SMILES string of the molecule is CC(C)(C)N(CCS(C)(=O)=O)C(=O)[C@H]1C[C@H]1c1ccccc1F. The van der Waals surface area contributed by atoms with E-state index >= 15 is 0 Å². The fourth-order valence-corrected chi connectivity index (χ4v) is 3.34. The van der Waals surface area contributed by atoms with Gasteiger partial charge >= 0.3 is 0 Å². The lowest BCUT2D eigenvalue weighted by molar-refractivity contribution is -0.137. The maximum atomic E-state index is 13.9. The van der Waals surface area contributed by atoms with Crippen molar-refractivity contribution in [2.24, 2.45) is 5.92 Å². The van der Waals surface area contributed by atoms with Gasteiger partial charge in [0.1, 0.15) is 15.7 Å². The van der Waals surface area contributed by atoms with Crippen molar-refractivity contribution in [2.45, 2.75) is 38.6 Å². The number of halogens is 1. The van der Waals surface area contributed by atoms with E-state index in [9.17, 15) is 17.6 Å². The van der Waals surface area contributed by atoms with Crippen LogP contribution in [0.5, 0.6) is 0 Å². The molecule has 0 saturated heterocycles. The van der Waals surface area contributed by atoms with Gasteiger partial charge in [-0.25, -0.2) is 12.8 Å². The van der Waals surface area contributed by atoms with Gasteiger partial charge in [0, 0.05) is 24.3 Å². The van der Waals surface area contributed by atoms with E-state index < -0.39 is 15.4 Å². The molecule has 2 atom stereocenters. The molecule has 0 spiro atoms. The number of hydrogen-bond donors (Lipinski definition) is 0. The van der Waals surface area contributed by atoms with Gasteiger partial charge in [0.2, 0.25) is 5.91 Å². The van der Waals surface area contributed by atoms with E-state index in [4.69, 9.17) is 0 Å². The Kier molecular flexibility index (Phi) is 4.85. The van der Waals surface area contributed by atoms with Crippen LogP contribution in [0, 0.1) is 11.7 Å². The maximum Gasteiger partial charge on any atom is 0.226 e. The summed E-state index contributed by atoms with van der Waals surface area (Å²) < 4.78 is 36.7. The number of sulfone groups is 1. The molecule has 1 fully saturated rings. The highest BCUT2D eigenvalue weighted by atomic mass is 32.2. The third-order valence-electron chi connectivity index (χ3n) is 4.17. The molecule has 0 radical (unpaired) electrons. The molecule has 1 saturated carbocycles. The summed E-state index contributed by atoms with van der Waals surface area (Å²) >= 11 is 0. The van der Waals surface area contributed by atoms with Crippen LogP contribution in [0.1, 0.15) is 38.7 Å². The summed E-state index contributed by atoms with van der Waals surface area (Å²) in [5.74, 6) is -0.800. The van der Waals surface area contributed by atoms with Gasteiger partial charge in [-0.15, -0.1) is 0 Å². The number of amides is 1. The third-order valence-corrected chi connectivity index (χ3v) is 5.10. The van der Waals surface area contributed by atoms with Crippen molar-refractivity contribution in [3.05, 3.63) is 35.6 Å². The van der Waals surface area contributed by atoms with Crippen LogP contribution in [0.2, 0.25) is 0 Å². The van der Waals surface area contributed by atoms with Crippen molar-refractivity contribution < 1.29 is 17.6 Å². The number of nitrogens with zero attached hydrogens (tertiary/aromatic N) is 1. The Hall–Kier alpha value is -1.43. The van der Waals surface area contributed by atoms with Crippen LogP contribution in [0.3, 0.4) is 0 Å². The van der Waals surface area contributed by atoms with Crippen molar-refractivity contribution in [2.75, 3.05) is 18.6 Å². The quantitative estimate of drug-likeness (QED) is 0.827. The Balaban J connectivity index is 2.12. The lowest BCUT2D eigenvalue weighted by atomic mass is 10.0. The zero-order valence-corrected chi connectivity index (χ0v) is 14.9. The Morgan fingerprint density at radius 3 is 2.43 bits per heavy atom. The number of carbonyl (C=O) groups excluding carboxylic acids is 1. The minimum Gasteiger partial charge on any atom is -0.337 e. The molecule has 1 aromatic carbocycles. The molecule has 0 aliphatic heterocycles. The predicted molar refractivity (Wildman–Crippen MR) is 88.4 cm³/mol. The van der Waals surface area contributed by atoms with E-state index in [0.29, 0.717) is 12.0 Å². The fourth-order valence-electron chi connectivity index (χ4n) is 2.82. The molecule has 0 N–H and O–H groups in total. The normalized spacial score (nSPS) is 21.1. The standard InChI is InChI=1S/C17H24FNO3S/c1-17(2,3)19(9-10-23(4,21)22)16(20)14-11-13(14)12-7-5-6-8-15(12)18/h5-8,13-14H,9-11H2,1-4H3/t13-,14-/m0/s1. The van der Waals surface area contributed by atoms with Gasteiger partial charge in [0.05, 0.1) is 5.75 Å². The van der Waals surface area contributed by atoms with E-state index in [-0.39, 0.29) is 35.9 Å². The first-order chi connectivity index (χ1) is 10.5. The van der Waals surface area contributed by atoms with Crippen LogP contribution in [0.25, 0.3) is 0 Å². The van der Waals surface area contributed by atoms with Crippen LogP contribution < -0.4 is 0 Å². The first-order valence-corrected chi connectivity index (χ1v) is 9.80. The van der Waals surface area contributed by atoms with Crippen LogP contribution in [0.15, 0.2) is 24.3 Å². The Bertz CT molecular complexity index is 694. The second-order valence-corrected chi connectivity index (χ2v) is 9.52. The summed E-state index contributed by atoms with van der Waals surface area (Å²) in [6, 6.07) is 6.51. The molecule has 0 bridgehead atoms. The zero-order valence-electron chi connectivity index (χ0n) is 14.0. The van der Waals surface area contributed by atoms with Crippen molar-refractivity contribution >= 4 is 15.7 Å². The van der Waals surface area contributed by atoms with Crippen molar-refractivity contribution in [3.63, 3.8) is 0 Å². The van der Waals surface area contributed by atoms with Gasteiger partial charge < -0.3 is 4.90 Å². The lowest BCUT2D eigenvalue weighted by Gasteiger charge is -2.36. The molecule has 1 aliphatic rings. The molecule has 128 valence electrons. The maximum absolute atomic E-state index is 13.9. The minimum absolute atomic E-state index is 0.0624. The summed E-state index contributed by atoms with van der Waals surface area (Å²) in [7, 11) is -3.14. The molecule has 6 heteroatoms. The van der Waals surface area contributed by atoms with Gasteiger partial charge in [-0.05, 0) is 44.7 Å². The van der Waals surface area contributed by atoms with E-state index in [1.54, 1.807) is 23.1 Å². The second kappa shape index (κ2) is 6.23. The molecule has 23 heavy (non-hydrogen) atoms. The van der Waals surface area contributed by atoms with Crippen LogP contribution >= 0.6 is 0 Å². The van der Waals surface area contributed by atoms with Gasteiger partial charge in [0.25, 0.3) is 0 Å². The molecule has 1 aliphatic carbocycles. The summed E-state index contributed by atoms with van der Waals surface area (Å²) in [5, 5.41) is 0. The van der Waals surface area contributed by atoms with Gasteiger partial charge in [-0.3, -0.25) is 4.79 Å². The van der Waals surface area contributed by atoms with Crippen LogP contribution in [0.4, 0.5) is 4.39 Å². The zero-order chi connectivity index (χ0) is 17.4. The molecule has 1 amide bonds. The highest BCUT2D eigenvalue weighted by Crippen LogP contribution is 2.49. The Morgan fingerprint density at radius 1 is 1.30 bits per heavy atom. The topological polar surface area (TPSA) is 54.5 Å². The predicted octanol–water partition coefficient (Wildman–Crippen LogP) is 2.60. The Labute approximate surface area is 137 Å².